The third-order valence-corrected chi connectivity index (χ3v) is 6.86. The van der Waals surface area contributed by atoms with Crippen LogP contribution in [0.5, 0.6) is 11.5 Å². The van der Waals surface area contributed by atoms with Crippen LogP contribution in [0.2, 0.25) is 0 Å². The van der Waals surface area contributed by atoms with Crippen molar-refractivity contribution in [2.24, 2.45) is 11.3 Å². The van der Waals surface area contributed by atoms with Crippen molar-refractivity contribution in [1.29, 1.82) is 10.7 Å². The monoisotopic (exact) mass is 480 g/mol. The highest BCUT2D eigenvalue weighted by Crippen LogP contribution is 2.47. The predicted molar refractivity (Wildman–Crippen MR) is 138 cm³/mol. The number of likely N-dealkylation sites (tertiary alicyclic amines) is 1. The fourth-order valence-corrected chi connectivity index (χ4v) is 4.63. The summed E-state index contributed by atoms with van der Waals surface area (Å²) in [7, 11) is 0. The summed E-state index contributed by atoms with van der Waals surface area (Å²) in [4.78, 5) is 18.9. The fraction of sp³-hybridized carbons (Fsp3) is 0.286. The van der Waals surface area contributed by atoms with Crippen LogP contribution in [0.15, 0.2) is 66.9 Å². The van der Waals surface area contributed by atoms with E-state index in [1.54, 1.807) is 17.2 Å². The maximum Gasteiger partial charge on any atom is 0.243 e. The van der Waals surface area contributed by atoms with Crippen molar-refractivity contribution < 1.29 is 9.53 Å². The van der Waals surface area contributed by atoms with Crippen molar-refractivity contribution in [2.75, 3.05) is 24.1 Å². The minimum absolute atomic E-state index is 0.0899. The molecule has 1 saturated carbocycles. The normalized spacial score (nSPS) is 18.1. The molecule has 8 nitrogen and oxygen atoms in total. The first-order valence-corrected chi connectivity index (χ1v) is 12.1. The number of nitrogen functional groups attached to an aromatic ring is 1. The summed E-state index contributed by atoms with van der Waals surface area (Å²) >= 11 is 0. The van der Waals surface area contributed by atoms with E-state index in [9.17, 15) is 10.1 Å². The Morgan fingerprint density at radius 3 is 2.56 bits per heavy atom. The van der Waals surface area contributed by atoms with Gasteiger partial charge in [-0.3, -0.25) is 4.79 Å². The van der Waals surface area contributed by atoms with Gasteiger partial charge in [0.2, 0.25) is 5.91 Å². The molecule has 0 bridgehead atoms. The Hall–Kier alpha value is -4.38. The third kappa shape index (κ3) is 4.73. The quantitative estimate of drug-likeness (QED) is 0.403. The molecule has 1 amide bonds. The van der Waals surface area contributed by atoms with Gasteiger partial charge in [0.15, 0.2) is 0 Å². The summed E-state index contributed by atoms with van der Waals surface area (Å²) in [5.74, 6) is 1.53. The number of piperidine rings is 1. The van der Waals surface area contributed by atoms with Crippen LogP contribution in [-0.2, 0) is 4.79 Å². The van der Waals surface area contributed by atoms with E-state index in [4.69, 9.17) is 15.9 Å². The van der Waals surface area contributed by atoms with Crippen LogP contribution in [0.25, 0.3) is 0 Å². The summed E-state index contributed by atoms with van der Waals surface area (Å²) < 4.78 is 5.86. The Morgan fingerprint density at radius 2 is 1.86 bits per heavy atom. The van der Waals surface area contributed by atoms with E-state index in [1.807, 2.05) is 54.6 Å². The van der Waals surface area contributed by atoms with E-state index in [0.29, 0.717) is 54.5 Å². The highest BCUT2D eigenvalue weighted by atomic mass is 16.5. The zero-order chi connectivity index (χ0) is 25.1. The van der Waals surface area contributed by atoms with Gasteiger partial charge in [-0.05, 0) is 68.1 Å². The number of rotatable bonds is 7. The second-order valence-corrected chi connectivity index (χ2v) is 9.38. The third-order valence-electron chi connectivity index (χ3n) is 6.86. The van der Waals surface area contributed by atoms with Crippen LogP contribution in [0.4, 0.5) is 17.2 Å². The van der Waals surface area contributed by atoms with Gasteiger partial charge in [0.1, 0.15) is 22.7 Å². The number of ether oxygens (including phenoxy) is 1. The number of nitrogens with two attached hydrogens (primary N) is 1. The first kappa shape index (κ1) is 23.4. The maximum atomic E-state index is 12.9. The largest absolute Gasteiger partial charge is 0.457 e. The van der Waals surface area contributed by atoms with Crippen LogP contribution in [0.1, 0.15) is 31.2 Å². The smallest absolute Gasteiger partial charge is 0.243 e. The van der Waals surface area contributed by atoms with Crippen molar-refractivity contribution >= 4 is 28.8 Å². The van der Waals surface area contributed by atoms with E-state index < -0.39 is 5.41 Å². The summed E-state index contributed by atoms with van der Waals surface area (Å²) in [6.45, 7) is 1.07. The van der Waals surface area contributed by atoms with Gasteiger partial charge >= 0.3 is 0 Å². The van der Waals surface area contributed by atoms with Crippen LogP contribution < -0.4 is 15.8 Å². The van der Waals surface area contributed by atoms with Gasteiger partial charge in [-0.2, -0.15) is 5.26 Å². The average molecular weight is 481 g/mol. The number of hydrogen-bond acceptors (Lipinski definition) is 7. The molecule has 5 rings (SSSR count). The highest BCUT2D eigenvalue weighted by molar-refractivity contribution is 6.07. The van der Waals surface area contributed by atoms with Gasteiger partial charge in [0, 0.05) is 42.2 Å². The molecular formula is C28H28N6O2. The van der Waals surface area contributed by atoms with Gasteiger partial charge in [-0.1, -0.05) is 18.2 Å². The van der Waals surface area contributed by atoms with Crippen LogP contribution in [0.3, 0.4) is 0 Å². The number of para-hydroxylation sites is 1. The molecule has 1 aliphatic heterocycles. The van der Waals surface area contributed by atoms with Gasteiger partial charge in [-0.25, -0.2) is 4.98 Å². The predicted octanol–water partition coefficient (Wildman–Crippen LogP) is 5.11. The molecule has 0 unspecified atom stereocenters. The molecule has 3 aromatic rings. The second-order valence-electron chi connectivity index (χ2n) is 9.38. The van der Waals surface area contributed by atoms with Crippen molar-refractivity contribution in [2.45, 2.75) is 25.7 Å². The molecule has 8 heteroatoms. The van der Waals surface area contributed by atoms with Crippen molar-refractivity contribution in [1.82, 2.24) is 9.88 Å². The number of carbonyl (C=O) groups is 1. The first-order valence-electron chi connectivity index (χ1n) is 12.1. The number of nitriles is 1. The number of anilines is 3. The lowest BCUT2D eigenvalue weighted by atomic mass is 9.88. The zero-order valence-corrected chi connectivity index (χ0v) is 19.9. The number of nitrogens with zero attached hydrogens (tertiary/aromatic N) is 3. The Morgan fingerprint density at radius 1 is 1.14 bits per heavy atom. The second kappa shape index (κ2) is 9.70. The van der Waals surface area contributed by atoms with Crippen LogP contribution in [0, 0.1) is 28.1 Å². The molecule has 2 heterocycles. The number of carbonyl (C=O) groups excluding carboxylic acids is 1. The number of nitrogens with one attached hydrogen (secondary N) is 2. The Labute approximate surface area is 210 Å². The molecule has 1 aromatic heterocycles. The molecular weight excluding hydrogens is 452 g/mol. The van der Waals surface area contributed by atoms with E-state index >= 15 is 0 Å². The number of amides is 1. The Balaban J connectivity index is 1.31. The Kier molecular flexibility index (Phi) is 6.30. The fourth-order valence-electron chi connectivity index (χ4n) is 4.63. The molecule has 1 saturated heterocycles. The lowest BCUT2D eigenvalue weighted by Gasteiger charge is -2.34. The van der Waals surface area contributed by atoms with E-state index in [2.05, 4.69) is 16.4 Å². The molecule has 2 aromatic carbocycles. The zero-order valence-electron chi connectivity index (χ0n) is 19.9. The van der Waals surface area contributed by atoms with Gasteiger partial charge in [0.05, 0.1) is 11.8 Å². The standard InChI is InChI=1S/C28H28N6O2/c29-18-28(13-14-28)27(35)34-16-4-5-19(17-34)24(30)23-12-15-32-26(31)25(23)33-20-8-10-22(11-9-20)36-21-6-2-1-3-7-21/h1-3,6-12,15,19,30,33H,4-5,13-14,16-17H2,(H2,31,32)/t19-/m1/s1. The van der Waals surface area contributed by atoms with Gasteiger partial charge in [0.25, 0.3) is 0 Å². The highest BCUT2D eigenvalue weighted by Gasteiger charge is 2.53. The first-order chi connectivity index (χ1) is 17.5. The van der Waals surface area contributed by atoms with Crippen LogP contribution >= 0.6 is 0 Å². The Bertz CT molecular complexity index is 1310. The molecule has 0 radical (unpaired) electrons. The summed E-state index contributed by atoms with van der Waals surface area (Å²) in [5, 5.41) is 21.7. The van der Waals surface area contributed by atoms with Crippen molar-refractivity contribution in [3.8, 4) is 17.6 Å². The molecule has 182 valence electrons. The molecule has 1 aliphatic carbocycles. The molecule has 0 spiro atoms. The van der Waals surface area contributed by atoms with E-state index in [1.165, 1.54) is 0 Å². The lowest BCUT2D eigenvalue weighted by molar-refractivity contribution is -0.136. The summed E-state index contributed by atoms with van der Waals surface area (Å²) in [5.41, 5.74) is 7.82. The van der Waals surface area contributed by atoms with Gasteiger partial charge < -0.3 is 26.1 Å². The van der Waals surface area contributed by atoms with Crippen LogP contribution in [-0.4, -0.2) is 34.6 Å². The number of benzene rings is 2. The summed E-state index contributed by atoms with van der Waals surface area (Å²) in [6.07, 6.45) is 4.46. The molecule has 2 fully saturated rings. The number of hydrogen-bond donors (Lipinski definition) is 3. The van der Waals surface area contributed by atoms with Crippen molar-refractivity contribution in [3.63, 3.8) is 0 Å². The number of aromatic nitrogens is 1. The lowest BCUT2D eigenvalue weighted by Crippen LogP contribution is -2.45. The molecule has 2 aliphatic rings. The topological polar surface area (TPSA) is 128 Å². The molecule has 4 N–H and O–H groups in total. The summed E-state index contributed by atoms with van der Waals surface area (Å²) in [6, 6.07) is 21.0. The number of pyridine rings is 1. The average Bonchev–Trinajstić information content (AvgIpc) is 3.72. The maximum absolute atomic E-state index is 12.9. The molecule has 1 atom stereocenters. The van der Waals surface area contributed by atoms with Crippen molar-refractivity contribution in [3.05, 3.63) is 72.4 Å². The van der Waals surface area contributed by atoms with E-state index in [-0.39, 0.29) is 11.8 Å². The van der Waals surface area contributed by atoms with E-state index in [0.717, 1.165) is 24.3 Å². The van der Waals surface area contributed by atoms with Gasteiger partial charge in [-0.15, -0.1) is 0 Å². The minimum Gasteiger partial charge on any atom is -0.457 e. The molecule has 36 heavy (non-hydrogen) atoms. The minimum atomic E-state index is -0.839. The SMILES string of the molecule is N#CC1(C(=O)N2CCC[C@@H](C(=N)c3ccnc(N)c3Nc3ccc(Oc4ccccc4)cc3)C2)CC1.